The average Bonchev–Trinajstić information content (AvgIpc) is 2.82. The minimum Gasteiger partial charge on any atom is -0.325 e. The number of carbonyl (C=O) groups is 1. The minimum atomic E-state index is -4.34. The Bertz CT molecular complexity index is 713. The minimum absolute atomic E-state index is 0.0990. The van der Waals surface area contributed by atoms with Gasteiger partial charge in [-0.1, -0.05) is 30.3 Å². The van der Waals surface area contributed by atoms with Crippen LogP contribution < -0.4 is 4.90 Å². The van der Waals surface area contributed by atoms with E-state index in [-0.39, 0.29) is 12.1 Å². The van der Waals surface area contributed by atoms with Crippen molar-refractivity contribution in [3.05, 3.63) is 65.7 Å². The van der Waals surface area contributed by atoms with Crippen molar-refractivity contribution in [3.8, 4) is 0 Å². The Kier molecular flexibility index (Phi) is 4.22. The van der Waals surface area contributed by atoms with Crippen LogP contribution in [0.4, 0.5) is 23.7 Å². The molecular weight excluding hydrogens is 317 g/mol. The Morgan fingerprint density at radius 3 is 2.25 bits per heavy atom. The second-order valence-corrected chi connectivity index (χ2v) is 5.92. The topological polar surface area (TPSA) is 23.6 Å². The molecule has 2 aromatic carbocycles. The average molecular weight is 334 g/mol. The van der Waals surface area contributed by atoms with Gasteiger partial charge < -0.3 is 4.90 Å². The van der Waals surface area contributed by atoms with Gasteiger partial charge in [-0.05, 0) is 36.2 Å². The number of anilines is 1. The Labute approximate surface area is 138 Å². The van der Waals surface area contributed by atoms with Gasteiger partial charge in [0.05, 0.1) is 11.6 Å². The SMILES string of the molecule is CN1CC(Cc2ccc(C(F)(F)F)cc2)N(c2ccccc2)C1=O. The molecule has 0 N–H and O–H groups in total. The molecular formula is C18H17F3N2O. The van der Waals surface area contributed by atoms with E-state index in [1.165, 1.54) is 12.1 Å². The monoisotopic (exact) mass is 334 g/mol. The number of benzene rings is 2. The first-order chi connectivity index (χ1) is 11.4. The van der Waals surface area contributed by atoms with Gasteiger partial charge in [-0.15, -0.1) is 0 Å². The van der Waals surface area contributed by atoms with Crippen LogP contribution in [0.1, 0.15) is 11.1 Å². The van der Waals surface area contributed by atoms with Gasteiger partial charge in [-0.25, -0.2) is 4.79 Å². The molecule has 1 saturated heterocycles. The molecule has 0 bridgehead atoms. The van der Waals surface area contributed by atoms with Crippen LogP contribution >= 0.6 is 0 Å². The summed E-state index contributed by atoms with van der Waals surface area (Å²) in [5.74, 6) is 0. The molecule has 1 atom stereocenters. The van der Waals surface area contributed by atoms with Crippen LogP contribution in [0, 0.1) is 0 Å². The molecule has 1 aliphatic rings. The highest BCUT2D eigenvalue weighted by Crippen LogP contribution is 2.30. The second-order valence-electron chi connectivity index (χ2n) is 5.92. The maximum absolute atomic E-state index is 12.7. The normalized spacial score (nSPS) is 18.3. The fraction of sp³-hybridized carbons (Fsp3) is 0.278. The standard InChI is InChI=1S/C18H17F3N2O/c1-22-12-16(23(17(22)24)15-5-3-2-4-6-15)11-13-7-9-14(10-8-13)18(19,20)21/h2-10,16H,11-12H2,1H3. The van der Waals surface area contributed by atoms with Gasteiger partial charge in [-0.3, -0.25) is 4.90 Å². The zero-order valence-corrected chi connectivity index (χ0v) is 13.1. The third kappa shape index (κ3) is 3.22. The number of carbonyl (C=O) groups excluding carboxylic acids is 1. The van der Waals surface area contributed by atoms with Crippen LogP contribution in [0.3, 0.4) is 0 Å². The van der Waals surface area contributed by atoms with Crippen LogP contribution in [-0.2, 0) is 12.6 Å². The summed E-state index contributed by atoms with van der Waals surface area (Å²) in [5, 5.41) is 0. The Balaban J connectivity index is 1.81. The zero-order valence-electron chi connectivity index (χ0n) is 13.1. The number of halogens is 3. The quantitative estimate of drug-likeness (QED) is 0.826. The number of para-hydroxylation sites is 1. The van der Waals surface area contributed by atoms with E-state index in [0.717, 1.165) is 23.4 Å². The van der Waals surface area contributed by atoms with E-state index < -0.39 is 11.7 Å². The summed E-state index contributed by atoms with van der Waals surface area (Å²) in [6.45, 7) is 0.536. The molecule has 3 rings (SSSR count). The first-order valence-electron chi connectivity index (χ1n) is 7.62. The van der Waals surface area contributed by atoms with Gasteiger partial charge in [0.1, 0.15) is 0 Å². The number of likely N-dealkylation sites (N-methyl/N-ethyl adjacent to an activating group) is 1. The van der Waals surface area contributed by atoms with Crippen LogP contribution in [0.2, 0.25) is 0 Å². The number of hydrogen-bond acceptors (Lipinski definition) is 1. The molecule has 0 radical (unpaired) electrons. The molecule has 2 aromatic rings. The van der Waals surface area contributed by atoms with Gasteiger partial charge >= 0.3 is 12.2 Å². The van der Waals surface area contributed by atoms with Crippen molar-refractivity contribution >= 4 is 11.7 Å². The molecule has 1 fully saturated rings. The van der Waals surface area contributed by atoms with Gasteiger partial charge in [-0.2, -0.15) is 13.2 Å². The molecule has 24 heavy (non-hydrogen) atoms. The predicted octanol–water partition coefficient (Wildman–Crippen LogP) is 4.19. The highest BCUT2D eigenvalue weighted by Gasteiger charge is 2.36. The lowest BCUT2D eigenvalue weighted by molar-refractivity contribution is -0.137. The summed E-state index contributed by atoms with van der Waals surface area (Å²) in [5.41, 5.74) is 0.909. The van der Waals surface area contributed by atoms with E-state index in [1.807, 2.05) is 30.3 Å². The van der Waals surface area contributed by atoms with Crippen LogP contribution in [-0.4, -0.2) is 30.6 Å². The smallest absolute Gasteiger partial charge is 0.325 e. The lowest BCUT2D eigenvalue weighted by atomic mass is 10.0. The number of nitrogens with zero attached hydrogens (tertiary/aromatic N) is 2. The molecule has 0 aliphatic carbocycles. The van der Waals surface area contributed by atoms with Gasteiger partial charge in [0.25, 0.3) is 0 Å². The molecule has 6 heteroatoms. The number of amides is 2. The van der Waals surface area contributed by atoms with E-state index >= 15 is 0 Å². The van der Waals surface area contributed by atoms with Crippen molar-refractivity contribution in [1.29, 1.82) is 0 Å². The molecule has 0 saturated carbocycles. The molecule has 1 aliphatic heterocycles. The van der Waals surface area contributed by atoms with E-state index in [4.69, 9.17) is 0 Å². The molecule has 0 spiro atoms. The summed E-state index contributed by atoms with van der Waals surface area (Å²) in [7, 11) is 1.73. The van der Waals surface area contributed by atoms with Crippen molar-refractivity contribution in [1.82, 2.24) is 4.90 Å². The third-order valence-electron chi connectivity index (χ3n) is 4.17. The van der Waals surface area contributed by atoms with Crippen LogP contribution in [0.15, 0.2) is 54.6 Å². The highest BCUT2D eigenvalue weighted by atomic mass is 19.4. The van der Waals surface area contributed by atoms with Gasteiger partial charge in [0.2, 0.25) is 0 Å². The molecule has 3 nitrogen and oxygen atoms in total. The molecule has 1 heterocycles. The van der Waals surface area contributed by atoms with Crippen molar-refractivity contribution in [2.24, 2.45) is 0 Å². The third-order valence-corrected chi connectivity index (χ3v) is 4.17. The molecule has 1 unspecified atom stereocenters. The number of hydrogen-bond donors (Lipinski definition) is 0. The van der Waals surface area contributed by atoms with Crippen molar-refractivity contribution in [3.63, 3.8) is 0 Å². The summed E-state index contributed by atoms with van der Waals surface area (Å²) < 4.78 is 38.0. The largest absolute Gasteiger partial charge is 0.416 e. The zero-order chi connectivity index (χ0) is 17.3. The second kappa shape index (κ2) is 6.19. The van der Waals surface area contributed by atoms with Crippen molar-refractivity contribution in [2.75, 3.05) is 18.5 Å². The van der Waals surface area contributed by atoms with Crippen molar-refractivity contribution in [2.45, 2.75) is 18.6 Å². The summed E-state index contributed by atoms with van der Waals surface area (Å²) in [6.07, 6.45) is -3.83. The summed E-state index contributed by atoms with van der Waals surface area (Å²) >= 11 is 0. The highest BCUT2D eigenvalue weighted by molar-refractivity contribution is 5.94. The maximum atomic E-state index is 12.7. The Morgan fingerprint density at radius 1 is 1.04 bits per heavy atom. The van der Waals surface area contributed by atoms with Gasteiger partial charge in [0.15, 0.2) is 0 Å². The van der Waals surface area contributed by atoms with E-state index in [9.17, 15) is 18.0 Å². The van der Waals surface area contributed by atoms with E-state index in [1.54, 1.807) is 16.8 Å². The fourth-order valence-corrected chi connectivity index (χ4v) is 2.98. The van der Waals surface area contributed by atoms with Crippen LogP contribution in [0.5, 0.6) is 0 Å². The number of rotatable bonds is 3. The lowest BCUT2D eigenvalue weighted by Crippen LogP contribution is -2.35. The first-order valence-corrected chi connectivity index (χ1v) is 7.62. The van der Waals surface area contributed by atoms with E-state index in [2.05, 4.69) is 0 Å². The maximum Gasteiger partial charge on any atom is 0.416 e. The molecule has 2 amide bonds. The van der Waals surface area contributed by atoms with E-state index in [0.29, 0.717) is 13.0 Å². The summed E-state index contributed by atoms with van der Waals surface area (Å²) in [4.78, 5) is 15.7. The van der Waals surface area contributed by atoms with Gasteiger partial charge in [0, 0.05) is 19.3 Å². The Morgan fingerprint density at radius 2 is 1.67 bits per heavy atom. The molecule has 126 valence electrons. The van der Waals surface area contributed by atoms with Crippen molar-refractivity contribution < 1.29 is 18.0 Å². The first kappa shape index (κ1) is 16.4. The summed E-state index contributed by atoms with van der Waals surface area (Å²) in [6, 6.07) is 14.2. The molecule has 0 aromatic heterocycles. The fourth-order valence-electron chi connectivity index (χ4n) is 2.98. The lowest BCUT2D eigenvalue weighted by Gasteiger charge is -2.23. The predicted molar refractivity (Wildman–Crippen MR) is 85.9 cm³/mol. The van der Waals surface area contributed by atoms with Crippen LogP contribution in [0.25, 0.3) is 0 Å². The Hall–Kier alpha value is -2.50. The number of urea groups is 1. The number of alkyl halides is 3.